The lowest BCUT2D eigenvalue weighted by molar-refractivity contribution is -0.132. The molecule has 0 heterocycles. The van der Waals surface area contributed by atoms with Gasteiger partial charge in [0.2, 0.25) is 0 Å². The van der Waals surface area contributed by atoms with Crippen molar-refractivity contribution in [3.05, 3.63) is 101 Å². The number of nitrogens with one attached hydrogen (secondary N) is 1. The molecule has 0 unspecified atom stereocenters. The summed E-state index contributed by atoms with van der Waals surface area (Å²) in [6.45, 7) is 0.334. The number of rotatable bonds is 8. The van der Waals surface area contributed by atoms with E-state index in [2.05, 4.69) is 5.32 Å². The van der Waals surface area contributed by atoms with Crippen molar-refractivity contribution in [2.75, 3.05) is 7.11 Å². The number of hydrogen-bond acceptors (Lipinski definition) is 4. The van der Waals surface area contributed by atoms with Gasteiger partial charge in [0.05, 0.1) is 7.11 Å². The van der Waals surface area contributed by atoms with E-state index in [4.69, 9.17) is 9.47 Å². The van der Waals surface area contributed by atoms with Crippen LogP contribution in [0.25, 0.3) is 6.08 Å². The Kier molecular flexibility index (Phi) is 6.84. The van der Waals surface area contributed by atoms with E-state index in [9.17, 15) is 14.7 Å². The van der Waals surface area contributed by atoms with Crippen molar-refractivity contribution in [1.82, 2.24) is 5.32 Å². The van der Waals surface area contributed by atoms with Gasteiger partial charge in [0, 0.05) is 5.56 Å². The van der Waals surface area contributed by atoms with Gasteiger partial charge in [-0.3, -0.25) is 4.79 Å². The van der Waals surface area contributed by atoms with Gasteiger partial charge in [-0.05, 0) is 41.5 Å². The Labute approximate surface area is 174 Å². The van der Waals surface area contributed by atoms with E-state index in [0.717, 1.165) is 5.56 Å². The molecule has 3 rings (SSSR count). The molecule has 0 atom stereocenters. The fraction of sp³-hybridized carbons (Fsp3) is 0.0833. The van der Waals surface area contributed by atoms with E-state index in [1.54, 1.807) is 48.5 Å². The van der Waals surface area contributed by atoms with Crippen molar-refractivity contribution in [2.45, 2.75) is 6.61 Å². The second kappa shape index (κ2) is 9.93. The summed E-state index contributed by atoms with van der Waals surface area (Å²) in [4.78, 5) is 24.0. The Morgan fingerprint density at radius 3 is 2.23 bits per heavy atom. The first-order valence-corrected chi connectivity index (χ1v) is 9.23. The minimum atomic E-state index is -1.25. The van der Waals surface area contributed by atoms with Crippen LogP contribution in [0, 0.1) is 0 Å². The molecule has 0 bridgehead atoms. The molecule has 3 aromatic rings. The lowest BCUT2D eigenvalue weighted by Gasteiger charge is -2.12. The van der Waals surface area contributed by atoms with Gasteiger partial charge in [0.25, 0.3) is 5.91 Å². The molecular weight excluding hydrogens is 382 g/mol. The molecule has 0 aromatic heterocycles. The van der Waals surface area contributed by atoms with E-state index >= 15 is 0 Å². The Bertz CT molecular complexity index is 1050. The smallest absolute Gasteiger partial charge is 0.352 e. The molecule has 0 saturated carbocycles. The number of hydrogen-bond donors (Lipinski definition) is 2. The first-order chi connectivity index (χ1) is 14.6. The second-order valence-corrected chi connectivity index (χ2v) is 6.37. The molecular formula is C24H21NO5. The summed E-state index contributed by atoms with van der Waals surface area (Å²) in [5.74, 6) is -0.761. The van der Waals surface area contributed by atoms with Crippen LogP contribution in [0.5, 0.6) is 11.5 Å². The third kappa shape index (κ3) is 5.48. The maximum absolute atomic E-state index is 12.3. The number of carboxylic acid groups (broad SMARTS) is 1. The molecule has 30 heavy (non-hydrogen) atoms. The highest BCUT2D eigenvalue weighted by molar-refractivity contribution is 6.02. The predicted octanol–water partition coefficient (Wildman–Crippen LogP) is 4.13. The highest BCUT2D eigenvalue weighted by atomic mass is 16.5. The van der Waals surface area contributed by atoms with Crippen molar-refractivity contribution >= 4 is 18.0 Å². The Morgan fingerprint density at radius 1 is 0.933 bits per heavy atom. The van der Waals surface area contributed by atoms with Gasteiger partial charge in [0.1, 0.15) is 12.3 Å². The van der Waals surface area contributed by atoms with Crippen molar-refractivity contribution < 1.29 is 24.2 Å². The summed E-state index contributed by atoms with van der Waals surface area (Å²) in [6.07, 6.45) is 1.37. The van der Waals surface area contributed by atoms with Gasteiger partial charge < -0.3 is 19.9 Å². The monoisotopic (exact) mass is 403 g/mol. The van der Waals surface area contributed by atoms with E-state index < -0.39 is 11.9 Å². The number of aliphatic carboxylic acids is 1. The quantitative estimate of drug-likeness (QED) is 0.553. The number of methoxy groups -OCH3 is 1. The van der Waals surface area contributed by atoms with Gasteiger partial charge in [-0.2, -0.15) is 0 Å². The molecule has 0 fully saturated rings. The number of benzene rings is 3. The SMILES string of the molecule is COc1ccc(/C=C(/NC(=O)c2ccccc2)C(=O)O)cc1OCc1ccccc1. The summed E-state index contributed by atoms with van der Waals surface area (Å²) in [7, 11) is 1.53. The first-order valence-electron chi connectivity index (χ1n) is 9.23. The van der Waals surface area contributed by atoms with Crippen LogP contribution in [0.4, 0.5) is 0 Å². The largest absolute Gasteiger partial charge is 0.493 e. The summed E-state index contributed by atoms with van der Waals surface area (Å²) in [5, 5.41) is 12.0. The fourth-order valence-corrected chi connectivity index (χ4v) is 2.73. The molecule has 0 aliphatic rings. The minimum Gasteiger partial charge on any atom is -0.493 e. The van der Waals surface area contributed by atoms with Gasteiger partial charge >= 0.3 is 5.97 Å². The maximum Gasteiger partial charge on any atom is 0.352 e. The van der Waals surface area contributed by atoms with Crippen molar-refractivity contribution in [2.24, 2.45) is 0 Å². The number of carboxylic acids is 1. The zero-order valence-corrected chi connectivity index (χ0v) is 16.4. The van der Waals surface area contributed by atoms with Crippen LogP contribution in [0.1, 0.15) is 21.5 Å². The van der Waals surface area contributed by atoms with Crippen LogP contribution in [0.15, 0.2) is 84.6 Å². The maximum atomic E-state index is 12.3. The van der Waals surface area contributed by atoms with Crippen LogP contribution >= 0.6 is 0 Å². The highest BCUT2D eigenvalue weighted by Crippen LogP contribution is 2.29. The lowest BCUT2D eigenvalue weighted by Crippen LogP contribution is -2.27. The summed E-state index contributed by atoms with van der Waals surface area (Å²) in [6, 6.07) is 23.1. The average Bonchev–Trinajstić information content (AvgIpc) is 2.78. The van der Waals surface area contributed by atoms with Crippen LogP contribution in [-0.2, 0) is 11.4 Å². The third-order valence-electron chi connectivity index (χ3n) is 4.25. The molecule has 0 radical (unpaired) electrons. The fourth-order valence-electron chi connectivity index (χ4n) is 2.73. The average molecular weight is 403 g/mol. The van der Waals surface area contributed by atoms with Gasteiger partial charge in [-0.25, -0.2) is 4.79 Å². The van der Waals surface area contributed by atoms with Crippen LogP contribution in [-0.4, -0.2) is 24.1 Å². The van der Waals surface area contributed by atoms with Crippen molar-refractivity contribution in [3.8, 4) is 11.5 Å². The van der Waals surface area contributed by atoms with Crippen molar-refractivity contribution in [3.63, 3.8) is 0 Å². The number of amides is 1. The van der Waals surface area contributed by atoms with E-state index in [0.29, 0.717) is 29.2 Å². The molecule has 6 nitrogen and oxygen atoms in total. The van der Waals surface area contributed by atoms with Crippen LogP contribution in [0.2, 0.25) is 0 Å². The number of carbonyl (C=O) groups is 2. The van der Waals surface area contributed by atoms with Crippen molar-refractivity contribution in [1.29, 1.82) is 0 Å². The molecule has 0 spiro atoms. The van der Waals surface area contributed by atoms with E-state index in [1.165, 1.54) is 13.2 Å². The highest BCUT2D eigenvalue weighted by Gasteiger charge is 2.14. The normalized spacial score (nSPS) is 10.9. The molecule has 0 saturated heterocycles. The molecule has 3 aromatic carbocycles. The summed E-state index contributed by atoms with van der Waals surface area (Å²) >= 11 is 0. The Hall–Kier alpha value is -4.06. The van der Waals surface area contributed by atoms with E-state index in [-0.39, 0.29) is 5.70 Å². The van der Waals surface area contributed by atoms with Gasteiger partial charge in [0.15, 0.2) is 11.5 Å². The zero-order valence-electron chi connectivity index (χ0n) is 16.4. The molecule has 0 aliphatic carbocycles. The number of carbonyl (C=O) groups excluding carboxylic acids is 1. The zero-order chi connectivity index (χ0) is 21.3. The molecule has 1 amide bonds. The second-order valence-electron chi connectivity index (χ2n) is 6.37. The predicted molar refractivity (Wildman–Crippen MR) is 113 cm³/mol. The number of ether oxygens (including phenoxy) is 2. The van der Waals surface area contributed by atoms with E-state index in [1.807, 2.05) is 30.3 Å². The summed E-state index contributed by atoms with van der Waals surface area (Å²) in [5.41, 5.74) is 1.65. The van der Waals surface area contributed by atoms with Crippen LogP contribution < -0.4 is 14.8 Å². The molecule has 152 valence electrons. The lowest BCUT2D eigenvalue weighted by atomic mass is 10.1. The molecule has 0 aliphatic heterocycles. The standard InChI is InChI=1S/C24H21NO5/c1-29-21-13-12-18(15-22(21)30-16-17-8-4-2-5-9-17)14-20(24(27)28)25-23(26)19-10-6-3-7-11-19/h2-15H,16H2,1H3,(H,25,26)(H,27,28)/b20-14+. The topological polar surface area (TPSA) is 84.9 Å². The Morgan fingerprint density at radius 2 is 1.60 bits per heavy atom. The van der Waals surface area contributed by atoms with Crippen LogP contribution in [0.3, 0.4) is 0 Å². The minimum absolute atomic E-state index is 0.247. The summed E-state index contributed by atoms with van der Waals surface area (Å²) < 4.78 is 11.2. The van der Waals surface area contributed by atoms with Gasteiger partial charge in [-0.15, -0.1) is 0 Å². The Balaban J connectivity index is 1.82. The van der Waals surface area contributed by atoms with Gasteiger partial charge in [-0.1, -0.05) is 54.6 Å². The third-order valence-corrected chi connectivity index (χ3v) is 4.25. The molecule has 6 heteroatoms. The molecule has 2 N–H and O–H groups in total. The first kappa shape index (κ1) is 20.7.